The number of piperazine rings is 1. The molecule has 0 spiro atoms. The second-order valence-corrected chi connectivity index (χ2v) is 13.4. The zero-order valence-corrected chi connectivity index (χ0v) is 25.8. The molecule has 0 saturated carbocycles. The van der Waals surface area contributed by atoms with Crippen molar-refractivity contribution >= 4 is 29.5 Å². The number of Topliss-reactive ketones (excluding diaryl/α,β-unsaturated/α-hetero) is 1. The molecule has 0 aliphatic carbocycles. The number of fused-ring (bicyclic) bond motifs is 6. The lowest BCUT2D eigenvalue weighted by atomic mass is 9.76. The maximum absolute atomic E-state index is 12.9. The molecule has 0 aromatic heterocycles. The van der Waals surface area contributed by atoms with E-state index in [0.29, 0.717) is 41.5 Å². The van der Waals surface area contributed by atoms with Gasteiger partial charge in [0, 0.05) is 47.3 Å². The molecule has 11 nitrogen and oxygen atoms in total. The zero-order chi connectivity index (χ0) is 30.5. The van der Waals surface area contributed by atoms with E-state index in [0.717, 1.165) is 27.8 Å². The van der Waals surface area contributed by atoms with Gasteiger partial charge in [-0.25, -0.2) is 4.79 Å². The number of ether oxygens (including phenoxy) is 5. The standard InChI is InChI=1S/C31H34N2O9S/c1-13-7-16-8-31(4)11-32(5)22(19(16)24(36)25(13)38-6)23-29-21-20(17(33(23)31)9-39-30(37)18(35)10-43-29)28-27(40-12-41-28)14(2)26(21)42-15(3)34/h7,17,22-23,29,36H,8-12H2,1-6H3/t17-,22-,23+,29+,31?/m0/s1. The number of aryl methyl sites for hydroxylation is 1. The molecule has 4 bridgehead atoms. The molecule has 6 heterocycles. The number of carbonyl (C=O) groups is 3. The molecule has 6 aliphatic heterocycles. The minimum absolute atomic E-state index is 0.000610. The number of ketones is 1. The molecule has 2 aromatic rings. The molecule has 1 N–H and O–H groups in total. The Morgan fingerprint density at radius 3 is 2.58 bits per heavy atom. The number of thioether (sulfide) groups is 1. The predicted octanol–water partition coefficient (Wildman–Crippen LogP) is 3.30. The molecule has 2 unspecified atom stereocenters. The number of carbonyl (C=O) groups excluding carboxylic acids is 3. The number of cyclic esters (lactones) is 1. The van der Waals surface area contributed by atoms with E-state index in [1.54, 1.807) is 7.11 Å². The van der Waals surface area contributed by atoms with E-state index in [1.807, 2.05) is 20.9 Å². The van der Waals surface area contributed by atoms with Gasteiger partial charge in [-0.05, 0) is 45.4 Å². The summed E-state index contributed by atoms with van der Waals surface area (Å²) in [5, 5.41) is 11.3. The Labute approximate surface area is 253 Å². The number of hydrogen-bond donors (Lipinski definition) is 1. The highest BCUT2D eigenvalue weighted by molar-refractivity contribution is 8.00. The van der Waals surface area contributed by atoms with Crippen molar-refractivity contribution in [1.82, 2.24) is 9.80 Å². The lowest BCUT2D eigenvalue weighted by Gasteiger charge is -2.61. The Hall–Kier alpha value is -3.48. The first-order chi connectivity index (χ1) is 20.5. The fraction of sp³-hybridized carbons (Fsp3) is 0.516. The average molecular weight is 611 g/mol. The fourth-order valence-corrected chi connectivity index (χ4v) is 9.57. The number of aromatic hydroxyl groups is 1. The maximum atomic E-state index is 12.9. The van der Waals surface area contributed by atoms with Crippen LogP contribution >= 0.6 is 11.8 Å². The van der Waals surface area contributed by atoms with Gasteiger partial charge in [0.25, 0.3) is 0 Å². The number of phenolic OH excluding ortho intramolecular Hbond substituents is 1. The molecule has 12 heteroatoms. The smallest absolute Gasteiger partial charge is 0.375 e. The Balaban J connectivity index is 1.57. The Morgan fingerprint density at radius 1 is 1.12 bits per heavy atom. The minimum Gasteiger partial charge on any atom is -0.504 e. The highest BCUT2D eigenvalue weighted by atomic mass is 32.2. The number of methoxy groups -OCH3 is 1. The number of phenols is 1. The van der Waals surface area contributed by atoms with Crippen molar-refractivity contribution in [2.45, 2.75) is 63.0 Å². The van der Waals surface area contributed by atoms with Crippen molar-refractivity contribution in [3.05, 3.63) is 39.4 Å². The molecule has 6 atom stereocenters. The molecule has 2 fully saturated rings. The monoisotopic (exact) mass is 610 g/mol. The van der Waals surface area contributed by atoms with Crippen LogP contribution in [0, 0.1) is 13.8 Å². The van der Waals surface area contributed by atoms with Gasteiger partial charge in [0.15, 0.2) is 23.0 Å². The molecule has 0 amide bonds. The molecular formula is C31H34N2O9S. The van der Waals surface area contributed by atoms with Crippen molar-refractivity contribution in [2.75, 3.05) is 39.9 Å². The van der Waals surface area contributed by atoms with E-state index in [-0.39, 0.29) is 37.0 Å². The van der Waals surface area contributed by atoms with Crippen LogP contribution in [-0.4, -0.2) is 84.1 Å². The molecule has 43 heavy (non-hydrogen) atoms. The second-order valence-electron chi connectivity index (χ2n) is 12.3. The number of nitrogens with zero attached hydrogens (tertiary/aromatic N) is 2. The summed E-state index contributed by atoms with van der Waals surface area (Å²) in [6, 6.07) is 0.864. The summed E-state index contributed by atoms with van der Waals surface area (Å²) in [5.74, 6) is -0.198. The first kappa shape index (κ1) is 28.3. The second kappa shape index (κ2) is 9.76. The quantitative estimate of drug-likeness (QED) is 0.305. The third-order valence-corrected chi connectivity index (χ3v) is 10.8. The number of benzene rings is 2. The van der Waals surface area contributed by atoms with Crippen molar-refractivity contribution in [2.24, 2.45) is 0 Å². The van der Waals surface area contributed by atoms with Crippen LogP contribution in [0.1, 0.15) is 64.6 Å². The number of likely N-dealkylation sites (N-methyl/N-ethyl adjacent to an activating group) is 1. The summed E-state index contributed by atoms with van der Waals surface area (Å²) in [7, 11) is 3.59. The maximum Gasteiger partial charge on any atom is 0.375 e. The Kier molecular flexibility index (Phi) is 6.43. The van der Waals surface area contributed by atoms with Crippen LogP contribution in [0.3, 0.4) is 0 Å². The largest absolute Gasteiger partial charge is 0.504 e. The summed E-state index contributed by atoms with van der Waals surface area (Å²) < 4.78 is 29.3. The van der Waals surface area contributed by atoms with Crippen LogP contribution in [0.2, 0.25) is 0 Å². The molecule has 8 rings (SSSR count). The highest BCUT2D eigenvalue weighted by Gasteiger charge is 2.61. The average Bonchev–Trinajstić information content (AvgIpc) is 3.36. The van der Waals surface area contributed by atoms with Crippen LogP contribution in [0.5, 0.6) is 28.7 Å². The van der Waals surface area contributed by atoms with Crippen LogP contribution in [0.15, 0.2) is 6.07 Å². The van der Waals surface area contributed by atoms with Gasteiger partial charge in [0.05, 0.1) is 30.2 Å². The number of rotatable bonds is 2. The molecule has 6 aliphatic rings. The van der Waals surface area contributed by atoms with Crippen LogP contribution in [-0.2, 0) is 25.5 Å². The summed E-state index contributed by atoms with van der Waals surface area (Å²) in [4.78, 5) is 42.9. The molecular weight excluding hydrogens is 576 g/mol. The van der Waals surface area contributed by atoms with Crippen molar-refractivity contribution < 1.29 is 43.2 Å². The lowest BCUT2D eigenvalue weighted by molar-refractivity contribution is -0.158. The van der Waals surface area contributed by atoms with E-state index in [1.165, 1.54) is 18.7 Å². The van der Waals surface area contributed by atoms with Gasteiger partial charge in [-0.15, -0.1) is 11.8 Å². The first-order valence-corrected chi connectivity index (χ1v) is 15.4. The Bertz CT molecular complexity index is 1610. The van der Waals surface area contributed by atoms with Crippen molar-refractivity contribution in [3.63, 3.8) is 0 Å². The SMILES string of the molecule is COc1c(C)cc2c(c1O)[C@H]1[C@@H]3[C@@H]4SCC(=O)C(=O)OC[C@@H](c5c6c(c(C)c(OC(C)=O)c54)OCO6)N3C(C)(C2)CN1C. The van der Waals surface area contributed by atoms with Crippen LogP contribution in [0.4, 0.5) is 0 Å². The first-order valence-electron chi connectivity index (χ1n) is 14.3. The molecule has 0 radical (unpaired) electrons. The van der Waals surface area contributed by atoms with Crippen LogP contribution in [0.25, 0.3) is 0 Å². The minimum atomic E-state index is -0.872. The van der Waals surface area contributed by atoms with Crippen molar-refractivity contribution in [3.8, 4) is 28.7 Å². The predicted molar refractivity (Wildman–Crippen MR) is 155 cm³/mol. The van der Waals surface area contributed by atoms with Gasteiger partial charge >= 0.3 is 11.9 Å². The van der Waals surface area contributed by atoms with E-state index in [4.69, 9.17) is 23.7 Å². The Morgan fingerprint density at radius 2 is 1.86 bits per heavy atom. The summed E-state index contributed by atoms with van der Waals surface area (Å²) in [5.41, 5.74) is 4.22. The van der Waals surface area contributed by atoms with E-state index >= 15 is 0 Å². The van der Waals surface area contributed by atoms with Gasteiger partial charge in [-0.2, -0.15) is 0 Å². The normalized spacial score (nSPS) is 30.6. The number of esters is 2. The van der Waals surface area contributed by atoms with Gasteiger partial charge < -0.3 is 28.8 Å². The van der Waals surface area contributed by atoms with E-state index < -0.39 is 34.6 Å². The van der Waals surface area contributed by atoms with Crippen LogP contribution < -0.4 is 18.9 Å². The topological polar surface area (TPSA) is 124 Å². The highest BCUT2D eigenvalue weighted by Crippen LogP contribution is 2.65. The zero-order valence-electron chi connectivity index (χ0n) is 24.9. The summed E-state index contributed by atoms with van der Waals surface area (Å²) in [6.07, 6.45) is 0.608. The van der Waals surface area contributed by atoms with Gasteiger partial charge in [0.2, 0.25) is 12.6 Å². The fourth-order valence-electron chi connectivity index (χ4n) is 8.24. The van der Waals surface area contributed by atoms with E-state index in [9.17, 15) is 19.5 Å². The lowest BCUT2D eigenvalue weighted by Crippen LogP contribution is -2.68. The third kappa shape index (κ3) is 3.92. The van der Waals surface area contributed by atoms with Gasteiger partial charge in [0.1, 0.15) is 12.4 Å². The van der Waals surface area contributed by atoms with E-state index in [2.05, 4.69) is 22.8 Å². The van der Waals surface area contributed by atoms with Gasteiger partial charge in [-0.1, -0.05) is 6.07 Å². The summed E-state index contributed by atoms with van der Waals surface area (Å²) >= 11 is 1.32. The molecule has 228 valence electrons. The van der Waals surface area contributed by atoms with Gasteiger partial charge in [-0.3, -0.25) is 19.4 Å². The van der Waals surface area contributed by atoms with Crippen molar-refractivity contribution in [1.29, 1.82) is 0 Å². The number of hydrogen-bond acceptors (Lipinski definition) is 12. The third-order valence-electron chi connectivity index (χ3n) is 9.55. The molecule has 2 aromatic carbocycles. The molecule has 2 saturated heterocycles. The summed E-state index contributed by atoms with van der Waals surface area (Å²) in [6.45, 7) is 7.83.